The molecule has 0 N–H and O–H groups in total. The van der Waals surface area contributed by atoms with Crippen molar-refractivity contribution >= 4 is 21.8 Å². The number of carbonyl (C=O) groups is 1. The summed E-state index contributed by atoms with van der Waals surface area (Å²) in [5.74, 6) is 0.300. The standard InChI is InChI=1S/C16H20BrNO/c1-11(12-5-3-2-4-6-12)16(19)18-14-7-8-15(18)10-13(17)9-14/h2-6,11,13-15H,7-10H2,1H3. The average Bonchev–Trinajstić information content (AvgIpc) is 2.70. The van der Waals surface area contributed by atoms with Crippen LogP contribution >= 0.6 is 15.9 Å². The van der Waals surface area contributed by atoms with E-state index in [1.54, 1.807) is 0 Å². The van der Waals surface area contributed by atoms with Gasteiger partial charge < -0.3 is 4.90 Å². The van der Waals surface area contributed by atoms with Crippen LogP contribution in [-0.2, 0) is 4.79 Å². The summed E-state index contributed by atoms with van der Waals surface area (Å²) in [6.07, 6.45) is 4.59. The second kappa shape index (κ2) is 5.28. The summed E-state index contributed by atoms with van der Waals surface area (Å²) in [4.78, 5) is 15.6. The molecule has 3 heteroatoms. The van der Waals surface area contributed by atoms with E-state index >= 15 is 0 Å². The highest BCUT2D eigenvalue weighted by Gasteiger charge is 2.43. The molecule has 1 amide bonds. The van der Waals surface area contributed by atoms with Crippen molar-refractivity contribution < 1.29 is 4.79 Å². The number of hydrogen-bond acceptors (Lipinski definition) is 1. The third kappa shape index (κ3) is 2.45. The van der Waals surface area contributed by atoms with Crippen molar-refractivity contribution in [3.63, 3.8) is 0 Å². The van der Waals surface area contributed by atoms with Crippen molar-refractivity contribution in [1.29, 1.82) is 0 Å². The van der Waals surface area contributed by atoms with Gasteiger partial charge in [0.1, 0.15) is 0 Å². The highest BCUT2D eigenvalue weighted by molar-refractivity contribution is 9.09. The van der Waals surface area contributed by atoms with Crippen molar-refractivity contribution in [3.05, 3.63) is 35.9 Å². The van der Waals surface area contributed by atoms with Crippen molar-refractivity contribution in [1.82, 2.24) is 4.90 Å². The number of hydrogen-bond donors (Lipinski definition) is 0. The first-order chi connectivity index (χ1) is 9.16. The number of halogens is 1. The number of nitrogens with zero attached hydrogens (tertiary/aromatic N) is 1. The molecular weight excluding hydrogens is 302 g/mol. The van der Waals surface area contributed by atoms with Crippen LogP contribution < -0.4 is 0 Å². The fourth-order valence-corrected chi connectivity index (χ4v) is 4.44. The van der Waals surface area contributed by atoms with E-state index in [4.69, 9.17) is 0 Å². The van der Waals surface area contributed by atoms with E-state index in [2.05, 4.69) is 33.0 Å². The maximum atomic E-state index is 12.8. The highest BCUT2D eigenvalue weighted by atomic mass is 79.9. The van der Waals surface area contributed by atoms with E-state index in [9.17, 15) is 4.79 Å². The van der Waals surface area contributed by atoms with Gasteiger partial charge in [0.05, 0.1) is 5.92 Å². The Morgan fingerprint density at radius 2 is 1.79 bits per heavy atom. The number of amides is 1. The summed E-state index contributed by atoms with van der Waals surface area (Å²) < 4.78 is 0. The summed E-state index contributed by atoms with van der Waals surface area (Å²) in [6, 6.07) is 11.1. The molecule has 3 unspecified atom stereocenters. The molecule has 0 spiro atoms. The molecule has 2 heterocycles. The largest absolute Gasteiger partial charge is 0.336 e. The van der Waals surface area contributed by atoms with Crippen LogP contribution in [0.15, 0.2) is 30.3 Å². The maximum absolute atomic E-state index is 12.8. The van der Waals surface area contributed by atoms with Gasteiger partial charge in [-0.25, -0.2) is 0 Å². The molecule has 2 saturated heterocycles. The molecule has 0 saturated carbocycles. The minimum absolute atomic E-state index is 0.0174. The van der Waals surface area contributed by atoms with Gasteiger partial charge in [0.15, 0.2) is 0 Å². The zero-order valence-electron chi connectivity index (χ0n) is 11.3. The molecule has 2 bridgehead atoms. The Kier molecular flexibility index (Phi) is 3.66. The lowest BCUT2D eigenvalue weighted by Gasteiger charge is -2.38. The van der Waals surface area contributed by atoms with Gasteiger partial charge in [-0.2, -0.15) is 0 Å². The van der Waals surface area contributed by atoms with Crippen LogP contribution in [0.25, 0.3) is 0 Å². The van der Waals surface area contributed by atoms with E-state index < -0.39 is 0 Å². The molecular formula is C16H20BrNO. The van der Waals surface area contributed by atoms with E-state index in [-0.39, 0.29) is 5.92 Å². The van der Waals surface area contributed by atoms with E-state index in [1.165, 1.54) is 12.8 Å². The van der Waals surface area contributed by atoms with Crippen LogP contribution in [-0.4, -0.2) is 27.7 Å². The minimum Gasteiger partial charge on any atom is -0.336 e. The molecule has 19 heavy (non-hydrogen) atoms. The van der Waals surface area contributed by atoms with Crippen molar-refractivity contribution in [2.24, 2.45) is 0 Å². The van der Waals surface area contributed by atoms with Crippen LogP contribution in [0.5, 0.6) is 0 Å². The second-order valence-electron chi connectivity index (χ2n) is 5.83. The Bertz CT molecular complexity index is 447. The normalized spacial score (nSPS) is 31.3. The van der Waals surface area contributed by atoms with Gasteiger partial charge in [-0.05, 0) is 38.2 Å². The smallest absolute Gasteiger partial charge is 0.230 e. The zero-order chi connectivity index (χ0) is 13.4. The Balaban J connectivity index is 1.78. The number of piperidine rings is 1. The molecule has 2 fully saturated rings. The number of alkyl halides is 1. The van der Waals surface area contributed by atoms with Gasteiger partial charge in [0.25, 0.3) is 0 Å². The third-order valence-corrected chi connectivity index (χ3v) is 5.35. The quantitative estimate of drug-likeness (QED) is 0.760. The first kappa shape index (κ1) is 13.2. The summed E-state index contributed by atoms with van der Waals surface area (Å²) in [5, 5.41) is 0. The van der Waals surface area contributed by atoms with Crippen LogP contribution in [0.1, 0.15) is 44.1 Å². The van der Waals surface area contributed by atoms with Crippen LogP contribution in [0.3, 0.4) is 0 Å². The molecule has 1 aromatic carbocycles. The number of rotatable bonds is 2. The molecule has 0 aliphatic carbocycles. The molecule has 1 aromatic rings. The molecule has 102 valence electrons. The fourth-order valence-electron chi connectivity index (χ4n) is 3.58. The molecule has 0 radical (unpaired) electrons. The maximum Gasteiger partial charge on any atom is 0.230 e. The predicted octanol–water partition coefficient (Wildman–Crippen LogP) is 3.71. The Hall–Kier alpha value is -0.830. The van der Waals surface area contributed by atoms with Gasteiger partial charge in [-0.3, -0.25) is 4.79 Å². The van der Waals surface area contributed by atoms with E-state index in [0.29, 0.717) is 22.8 Å². The molecule has 3 rings (SSSR count). The molecule has 0 aromatic heterocycles. The summed E-state index contributed by atoms with van der Waals surface area (Å²) >= 11 is 3.73. The zero-order valence-corrected chi connectivity index (χ0v) is 12.8. The SMILES string of the molecule is CC(C(=O)N1C2CCC1CC(Br)C2)c1ccccc1. The van der Waals surface area contributed by atoms with Crippen LogP contribution in [0.4, 0.5) is 0 Å². The lowest BCUT2D eigenvalue weighted by Crippen LogP contribution is -2.48. The summed E-state index contributed by atoms with van der Waals surface area (Å²) in [5.41, 5.74) is 1.13. The van der Waals surface area contributed by atoms with Crippen molar-refractivity contribution in [2.45, 2.75) is 55.4 Å². The van der Waals surface area contributed by atoms with Gasteiger partial charge in [-0.1, -0.05) is 46.3 Å². The predicted molar refractivity (Wildman–Crippen MR) is 80.5 cm³/mol. The number of fused-ring (bicyclic) bond motifs is 2. The summed E-state index contributed by atoms with van der Waals surface area (Å²) in [7, 11) is 0. The van der Waals surface area contributed by atoms with Gasteiger partial charge in [0.2, 0.25) is 5.91 Å². The Labute approximate surface area is 123 Å². The van der Waals surface area contributed by atoms with Crippen molar-refractivity contribution in [2.75, 3.05) is 0 Å². The molecule has 2 nitrogen and oxygen atoms in total. The topological polar surface area (TPSA) is 20.3 Å². The molecule has 3 atom stereocenters. The first-order valence-electron chi connectivity index (χ1n) is 7.18. The monoisotopic (exact) mass is 321 g/mol. The first-order valence-corrected chi connectivity index (χ1v) is 8.09. The van der Waals surface area contributed by atoms with E-state index in [0.717, 1.165) is 18.4 Å². The number of carbonyl (C=O) groups excluding carboxylic acids is 1. The van der Waals surface area contributed by atoms with Gasteiger partial charge >= 0.3 is 0 Å². The minimum atomic E-state index is -0.0174. The third-order valence-electron chi connectivity index (χ3n) is 4.60. The molecule has 2 aliphatic rings. The van der Waals surface area contributed by atoms with Crippen LogP contribution in [0, 0.1) is 0 Å². The fraction of sp³-hybridized carbons (Fsp3) is 0.562. The van der Waals surface area contributed by atoms with Crippen LogP contribution in [0.2, 0.25) is 0 Å². The van der Waals surface area contributed by atoms with Gasteiger partial charge in [0, 0.05) is 16.9 Å². The Morgan fingerprint density at radius 3 is 2.37 bits per heavy atom. The number of benzene rings is 1. The average molecular weight is 322 g/mol. The Morgan fingerprint density at radius 1 is 1.21 bits per heavy atom. The highest BCUT2D eigenvalue weighted by Crippen LogP contribution is 2.40. The van der Waals surface area contributed by atoms with Gasteiger partial charge in [-0.15, -0.1) is 0 Å². The van der Waals surface area contributed by atoms with Crippen molar-refractivity contribution in [3.8, 4) is 0 Å². The lowest BCUT2D eigenvalue weighted by molar-refractivity contribution is -0.136. The summed E-state index contributed by atoms with van der Waals surface area (Å²) in [6.45, 7) is 2.04. The second-order valence-corrected chi connectivity index (χ2v) is 7.13. The molecule has 2 aliphatic heterocycles. The lowest BCUT2D eigenvalue weighted by atomic mass is 9.95. The van der Waals surface area contributed by atoms with E-state index in [1.807, 2.05) is 25.1 Å².